The van der Waals surface area contributed by atoms with Gasteiger partial charge in [-0.2, -0.15) is 0 Å². The van der Waals surface area contributed by atoms with Gasteiger partial charge in [-0.3, -0.25) is 0 Å². The zero-order chi connectivity index (χ0) is 13.2. The van der Waals surface area contributed by atoms with E-state index in [2.05, 4.69) is 24.3 Å². The molecule has 0 aromatic heterocycles. The highest BCUT2D eigenvalue weighted by Crippen LogP contribution is 2.39. The minimum absolute atomic E-state index is 0.290. The highest BCUT2D eigenvalue weighted by atomic mass is 32.2. The van der Waals surface area contributed by atoms with Gasteiger partial charge in [0.1, 0.15) is 11.5 Å². The van der Waals surface area contributed by atoms with Crippen LogP contribution in [0.15, 0.2) is 47.4 Å². The molecule has 1 aliphatic heterocycles. The first-order valence-electron chi connectivity index (χ1n) is 6.39. The molecule has 1 heterocycles. The molecule has 0 amide bonds. The van der Waals surface area contributed by atoms with E-state index in [0.717, 1.165) is 17.1 Å². The molecule has 2 nitrogen and oxygen atoms in total. The van der Waals surface area contributed by atoms with E-state index in [9.17, 15) is 5.11 Å². The summed E-state index contributed by atoms with van der Waals surface area (Å²) in [4.78, 5) is 1.36. The topological polar surface area (TPSA) is 29.5 Å². The molecular formula is C16H16O2S. The molecule has 2 aromatic carbocycles. The summed E-state index contributed by atoms with van der Waals surface area (Å²) in [6, 6.07) is 13.9. The Morgan fingerprint density at radius 2 is 2.05 bits per heavy atom. The summed E-state index contributed by atoms with van der Waals surface area (Å²) in [5.41, 5.74) is 2.19. The van der Waals surface area contributed by atoms with E-state index in [-0.39, 0.29) is 0 Å². The first-order valence-corrected chi connectivity index (χ1v) is 7.37. The molecule has 0 bridgehead atoms. The van der Waals surface area contributed by atoms with Crippen LogP contribution in [-0.2, 0) is 0 Å². The fourth-order valence-electron chi connectivity index (χ4n) is 2.32. The third-order valence-electron chi connectivity index (χ3n) is 3.49. The van der Waals surface area contributed by atoms with E-state index in [1.54, 1.807) is 6.07 Å². The van der Waals surface area contributed by atoms with Gasteiger partial charge in [-0.1, -0.05) is 24.3 Å². The van der Waals surface area contributed by atoms with E-state index in [0.29, 0.717) is 18.3 Å². The molecule has 0 aliphatic carbocycles. The summed E-state index contributed by atoms with van der Waals surface area (Å²) in [7, 11) is 0. The molecule has 0 radical (unpaired) electrons. The summed E-state index contributed by atoms with van der Waals surface area (Å²) in [6.45, 7) is 2.54. The number of phenolic OH excluding ortho intramolecular Hbond substituents is 1. The van der Waals surface area contributed by atoms with Gasteiger partial charge >= 0.3 is 0 Å². The summed E-state index contributed by atoms with van der Waals surface area (Å²) in [5.74, 6) is 2.56. The number of rotatable bonds is 3. The van der Waals surface area contributed by atoms with Gasteiger partial charge in [0.25, 0.3) is 0 Å². The van der Waals surface area contributed by atoms with Crippen LogP contribution in [0.5, 0.6) is 11.5 Å². The normalized spacial score (nSPS) is 17.2. The zero-order valence-corrected chi connectivity index (χ0v) is 11.6. The lowest BCUT2D eigenvalue weighted by atomic mass is 10.0. The highest BCUT2D eigenvalue weighted by Gasteiger charge is 2.23. The van der Waals surface area contributed by atoms with Crippen LogP contribution >= 0.6 is 11.8 Å². The van der Waals surface area contributed by atoms with Gasteiger partial charge in [0.15, 0.2) is 0 Å². The van der Waals surface area contributed by atoms with Gasteiger partial charge in [-0.25, -0.2) is 0 Å². The third-order valence-corrected chi connectivity index (χ3v) is 4.75. The fourth-order valence-corrected chi connectivity index (χ4v) is 3.55. The fraction of sp³-hybridized carbons (Fsp3) is 0.250. The van der Waals surface area contributed by atoms with Gasteiger partial charge in [0.05, 0.1) is 6.61 Å². The number of benzene rings is 2. The van der Waals surface area contributed by atoms with Crippen molar-refractivity contribution < 1.29 is 9.84 Å². The van der Waals surface area contributed by atoms with Gasteiger partial charge in [0, 0.05) is 22.1 Å². The molecule has 0 saturated heterocycles. The van der Waals surface area contributed by atoms with Crippen LogP contribution in [-0.4, -0.2) is 17.5 Å². The summed E-state index contributed by atoms with van der Waals surface area (Å²) in [5, 5.41) is 9.67. The van der Waals surface area contributed by atoms with Gasteiger partial charge < -0.3 is 9.84 Å². The Morgan fingerprint density at radius 1 is 1.21 bits per heavy atom. The maximum absolute atomic E-state index is 9.67. The second kappa shape index (κ2) is 5.17. The lowest BCUT2D eigenvalue weighted by Crippen LogP contribution is -2.10. The predicted octanol–water partition coefficient (Wildman–Crippen LogP) is 3.97. The van der Waals surface area contributed by atoms with E-state index in [4.69, 9.17) is 4.74 Å². The second-order valence-corrected chi connectivity index (χ2v) is 5.82. The van der Waals surface area contributed by atoms with Crippen molar-refractivity contribution in [1.82, 2.24) is 0 Å². The Balaban J connectivity index is 1.73. The molecule has 0 saturated carbocycles. The molecule has 3 rings (SSSR count). The Labute approximate surface area is 117 Å². The lowest BCUT2D eigenvalue weighted by molar-refractivity contribution is 0.294. The van der Waals surface area contributed by atoms with Crippen molar-refractivity contribution in [1.29, 1.82) is 0 Å². The average molecular weight is 272 g/mol. The third kappa shape index (κ3) is 2.43. The maximum atomic E-state index is 9.67. The molecule has 0 fully saturated rings. The van der Waals surface area contributed by atoms with E-state index >= 15 is 0 Å². The molecule has 1 unspecified atom stereocenters. The second-order valence-electron chi connectivity index (χ2n) is 4.76. The van der Waals surface area contributed by atoms with Crippen molar-refractivity contribution in [2.24, 2.45) is 0 Å². The monoisotopic (exact) mass is 272 g/mol. The standard InChI is InChI=1S/C16H16O2S/c1-11-14(17)6-4-7-15(11)18-9-12-10-19-16-8-3-2-5-13(12)16/h2-8,12,17H,9-10H2,1H3. The number of hydrogen-bond donors (Lipinski definition) is 1. The first kappa shape index (κ1) is 12.4. The summed E-state index contributed by atoms with van der Waals surface area (Å²) < 4.78 is 5.89. The van der Waals surface area contributed by atoms with Crippen LogP contribution < -0.4 is 4.74 Å². The quantitative estimate of drug-likeness (QED) is 0.916. The zero-order valence-electron chi connectivity index (χ0n) is 10.8. The molecule has 1 atom stereocenters. The minimum Gasteiger partial charge on any atom is -0.508 e. The van der Waals surface area contributed by atoms with Crippen molar-refractivity contribution in [2.45, 2.75) is 17.7 Å². The number of ether oxygens (including phenoxy) is 1. The van der Waals surface area contributed by atoms with Crippen molar-refractivity contribution in [3.05, 3.63) is 53.6 Å². The maximum Gasteiger partial charge on any atom is 0.125 e. The number of phenols is 1. The van der Waals surface area contributed by atoms with Gasteiger partial charge in [0.2, 0.25) is 0 Å². The first-order chi connectivity index (χ1) is 9.25. The van der Waals surface area contributed by atoms with Gasteiger partial charge in [-0.05, 0) is 30.7 Å². The van der Waals surface area contributed by atoms with Crippen molar-refractivity contribution in [2.75, 3.05) is 12.4 Å². The average Bonchev–Trinajstić information content (AvgIpc) is 2.84. The molecule has 1 N–H and O–H groups in total. The smallest absolute Gasteiger partial charge is 0.125 e. The number of aromatic hydroxyl groups is 1. The number of fused-ring (bicyclic) bond motifs is 1. The van der Waals surface area contributed by atoms with Crippen LogP contribution in [0, 0.1) is 6.92 Å². The summed E-state index contributed by atoms with van der Waals surface area (Å²) in [6.07, 6.45) is 0. The molecule has 3 heteroatoms. The molecule has 98 valence electrons. The van der Waals surface area contributed by atoms with Crippen molar-refractivity contribution >= 4 is 11.8 Å². The molecule has 19 heavy (non-hydrogen) atoms. The molecular weight excluding hydrogens is 256 g/mol. The largest absolute Gasteiger partial charge is 0.508 e. The van der Waals surface area contributed by atoms with Crippen LogP contribution in [0.4, 0.5) is 0 Å². The van der Waals surface area contributed by atoms with Gasteiger partial charge in [-0.15, -0.1) is 11.8 Å². The van der Waals surface area contributed by atoms with Crippen molar-refractivity contribution in [3.8, 4) is 11.5 Å². The highest BCUT2D eigenvalue weighted by molar-refractivity contribution is 7.99. The Bertz CT molecular complexity index is 595. The van der Waals surface area contributed by atoms with Crippen LogP contribution in [0.2, 0.25) is 0 Å². The molecule has 1 aliphatic rings. The SMILES string of the molecule is Cc1c(O)cccc1OCC1CSc2ccccc21. The number of hydrogen-bond acceptors (Lipinski definition) is 3. The Hall–Kier alpha value is -1.61. The van der Waals surface area contributed by atoms with Crippen molar-refractivity contribution in [3.63, 3.8) is 0 Å². The molecule has 0 spiro atoms. The Morgan fingerprint density at radius 3 is 2.95 bits per heavy atom. The van der Waals surface area contributed by atoms with E-state index < -0.39 is 0 Å². The van der Waals surface area contributed by atoms with E-state index in [1.165, 1.54) is 10.5 Å². The molecule has 2 aromatic rings. The Kier molecular flexibility index (Phi) is 3.38. The van der Waals surface area contributed by atoms with Crippen LogP contribution in [0.1, 0.15) is 17.0 Å². The van der Waals surface area contributed by atoms with E-state index in [1.807, 2.05) is 30.8 Å². The predicted molar refractivity (Wildman–Crippen MR) is 78.2 cm³/mol. The van der Waals surface area contributed by atoms with Crippen LogP contribution in [0.3, 0.4) is 0 Å². The lowest BCUT2D eigenvalue weighted by Gasteiger charge is -2.14. The summed E-state index contributed by atoms with van der Waals surface area (Å²) >= 11 is 1.89. The minimum atomic E-state index is 0.290. The van der Waals surface area contributed by atoms with Crippen LogP contribution in [0.25, 0.3) is 0 Å². The number of thioether (sulfide) groups is 1.